The Balaban J connectivity index is 1.47. The smallest absolute Gasteiger partial charge is 0.251 e. The Morgan fingerprint density at radius 3 is 2.71 bits per heavy atom. The molecular formula is C22H22ClN7O. The Kier molecular flexibility index (Phi) is 5.61. The highest BCUT2D eigenvalue weighted by atomic mass is 35.5. The van der Waals surface area contributed by atoms with Crippen molar-refractivity contribution >= 4 is 29.1 Å². The zero-order valence-corrected chi connectivity index (χ0v) is 18.0. The van der Waals surface area contributed by atoms with Crippen molar-refractivity contribution in [3.8, 4) is 17.3 Å². The number of nitrogens with zero attached hydrogens (tertiary/aromatic N) is 5. The first kappa shape index (κ1) is 20.8. The van der Waals surface area contributed by atoms with E-state index in [4.69, 9.17) is 16.9 Å². The quantitative estimate of drug-likeness (QED) is 0.571. The third kappa shape index (κ3) is 5.01. The van der Waals surface area contributed by atoms with Crippen molar-refractivity contribution in [3.05, 3.63) is 53.4 Å². The Morgan fingerprint density at radius 2 is 2.03 bits per heavy atom. The van der Waals surface area contributed by atoms with Gasteiger partial charge in [0, 0.05) is 23.9 Å². The summed E-state index contributed by atoms with van der Waals surface area (Å²) < 4.78 is 1.95. The van der Waals surface area contributed by atoms with Gasteiger partial charge in [0.05, 0.1) is 46.3 Å². The third-order valence-corrected chi connectivity index (χ3v) is 5.21. The highest BCUT2D eigenvalue weighted by molar-refractivity contribution is 6.32. The molecule has 2 heterocycles. The van der Waals surface area contributed by atoms with Crippen molar-refractivity contribution in [2.45, 2.75) is 32.7 Å². The van der Waals surface area contributed by atoms with Gasteiger partial charge in [-0.05, 0) is 38.8 Å². The van der Waals surface area contributed by atoms with E-state index < -0.39 is 5.41 Å². The molecule has 1 fully saturated rings. The standard InChI is InChI=1S/C22H22ClN7O/c1-22(2,12-24)13-26-20(31)15-5-3-14(4-6-15)19-18(23)10-25-21(29-19)28-16-9-27-30(11-16)17-7-8-17/h3-6,9-11,17H,7-8,13H2,1-2H3,(H,26,31)(H,25,28,29). The average molecular weight is 436 g/mol. The van der Waals surface area contributed by atoms with Gasteiger partial charge in [0.1, 0.15) is 0 Å². The van der Waals surface area contributed by atoms with Gasteiger partial charge in [-0.1, -0.05) is 23.7 Å². The number of amides is 1. The number of carbonyl (C=O) groups excluding carboxylic acids is 1. The first-order valence-corrected chi connectivity index (χ1v) is 10.4. The fraction of sp³-hybridized carbons (Fsp3) is 0.318. The second-order valence-electron chi connectivity index (χ2n) is 8.21. The van der Waals surface area contributed by atoms with Gasteiger partial charge in [-0.3, -0.25) is 9.48 Å². The lowest BCUT2D eigenvalue weighted by atomic mass is 9.96. The van der Waals surface area contributed by atoms with Gasteiger partial charge in [-0.25, -0.2) is 9.97 Å². The molecule has 0 atom stereocenters. The Labute approximate surface area is 185 Å². The molecule has 1 aliphatic carbocycles. The zero-order chi connectivity index (χ0) is 22.0. The van der Waals surface area contributed by atoms with Crippen LogP contribution in [-0.4, -0.2) is 32.2 Å². The molecule has 0 spiro atoms. The molecular weight excluding hydrogens is 414 g/mol. The molecule has 2 aromatic heterocycles. The summed E-state index contributed by atoms with van der Waals surface area (Å²) in [7, 11) is 0. The van der Waals surface area contributed by atoms with Crippen LogP contribution in [0.1, 0.15) is 43.1 Å². The summed E-state index contributed by atoms with van der Waals surface area (Å²) in [5.74, 6) is 0.175. The van der Waals surface area contributed by atoms with Gasteiger partial charge in [0.2, 0.25) is 5.95 Å². The summed E-state index contributed by atoms with van der Waals surface area (Å²) in [4.78, 5) is 21.1. The van der Waals surface area contributed by atoms with Gasteiger partial charge in [0.25, 0.3) is 5.91 Å². The maximum atomic E-state index is 12.3. The van der Waals surface area contributed by atoms with E-state index in [-0.39, 0.29) is 12.5 Å². The van der Waals surface area contributed by atoms with Crippen LogP contribution in [-0.2, 0) is 0 Å². The van der Waals surface area contributed by atoms with E-state index in [0.29, 0.717) is 28.3 Å². The maximum absolute atomic E-state index is 12.3. The van der Waals surface area contributed by atoms with Crippen LogP contribution >= 0.6 is 11.6 Å². The number of hydrogen-bond acceptors (Lipinski definition) is 6. The van der Waals surface area contributed by atoms with Crippen molar-refractivity contribution in [2.24, 2.45) is 5.41 Å². The number of nitriles is 1. The van der Waals surface area contributed by atoms with Crippen LogP contribution in [0.25, 0.3) is 11.3 Å². The van der Waals surface area contributed by atoms with E-state index in [0.717, 1.165) is 24.1 Å². The van der Waals surface area contributed by atoms with E-state index >= 15 is 0 Å². The number of hydrogen-bond donors (Lipinski definition) is 2. The van der Waals surface area contributed by atoms with E-state index in [1.807, 2.05) is 10.9 Å². The van der Waals surface area contributed by atoms with Gasteiger partial charge >= 0.3 is 0 Å². The molecule has 9 heteroatoms. The molecule has 0 saturated heterocycles. The topological polar surface area (TPSA) is 109 Å². The molecule has 0 radical (unpaired) electrons. The van der Waals surface area contributed by atoms with Crippen LogP contribution in [0.2, 0.25) is 5.02 Å². The molecule has 8 nitrogen and oxygen atoms in total. The normalized spacial score (nSPS) is 13.5. The molecule has 0 unspecified atom stereocenters. The summed E-state index contributed by atoms with van der Waals surface area (Å²) in [5, 5.41) is 19.8. The fourth-order valence-corrected chi connectivity index (χ4v) is 3.12. The number of halogens is 1. The minimum Gasteiger partial charge on any atom is -0.350 e. The SMILES string of the molecule is CC(C)(C#N)CNC(=O)c1ccc(-c2nc(Nc3cnn(C4CC4)c3)ncc2Cl)cc1. The predicted octanol–water partition coefficient (Wildman–Crippen LogP) is 4.35. The molecule has 0 aliphatic heterocycles. The number of carbonyl (C=O) groups is 1. The molecule has 2 N–H and O–H groups in total. The first-order chi connectivity index (χ1) is 14.8. The Bertz CT molecular complexity index is 1140. The molecule has 3 aromatic rings. The number of nitrogens with one attached hydrogen (secondary N) is 2. The summed E-state index contributed by atoms with van der Waals surface area (Å²) in [6.07, 6.45) is 7.55. The number of benzene rings is 1. The lowest BCUT2D eigenvalue weighted by molar-refractivity contribution is 0.0943. The van der Waals surface area contributed by atoms with Gasteiger partial charge in [-0.2, -0.15) is 10.4 Å². The largest absolute Gasteiger partial charge is 0.350 e. The maximum Gasteiger partial charge on any atom is 0.251 e. The van der Waals surface area contributed by atoms with E-state index in [1.54, 1.807) is 50.5 Å². The summed E-state index contributed by atoms with van der Waals surface area (Å²) in [6, 6.07) is 9.64. The van der Waals surface area contributed by atoms with Crippen molar-refractivity contribution in [3.63, 3.8) is 0 Å². The van der Waals surface area contributed by atoms with Crippen molar-refractivity contribution in [1.29, 1.82) is 5.26 Å². The van der Waals surface area contributed by atoms with Gasteiger partial charge in [0.15, 0.2) is 0 Å². The summed E-state index contributed by atoms with van der Waals surface area (Å²) >= 11 is 6.33. The van der Waals surface area contributed by atoms with Gasteiger partial charge < -0.3 is 10.6 Å². The molecule has 158 valence electrons. The van der Waals surface area contributed by atoms with Crippen molar-refractivity contribution in [1.82, 2.24) is 25.1 Å². The number of rotatable bonds is 7. The average Bonchev–Trinajstić information content (AvgIpc) is 3.52. The second kappa shape index (κ2) is 8.36. The predicted molar refractivity (Wildman–Crippen MR) is 118 cm³/mol. The molecule has 1 aliphatic rings. The minimum atomic E-state index is -0.622. The third-order valence-electron chi connectivity index (χ3n) is 4.94. The highest BCUT2D eigenvalue weighted by Crippen LogP contribution is 2.35. The molecule has 1 saturated carbocycles. The van der Waals surface area contributed by atoms with E-state index in [9.17, 15) is 4.79 Å². The van der Waals surface area contributed by atoms with Crippen LogP contribution < -0.4 is 10.6 Å². The van der Waals surface area contributed by atoms with E-state index in [2.05, 4.69) is 31.8 Å². The second-order valence-corrected chi connectivity index (χ2v) is 8.62. The van der Waals surface area contributed by atoms with Gasteiger partial charge in [-0.15, -0.1) is 0 Å². The summed E-state index contributed by atoms with van der Waals surface area (Å²) in [5.41, 5.74) is 2.01. The van der Waals surface area contributed by atoms with Crippen LogP contribution in [0.4, 0.5) is 11.6 Å². The van der Waals surface area contributed by atoms with Crippen molar-refractivity contribution in [2.75, 3.05) is 11.9 Å². The fourth-order valence-electron chi connectivity index (χ4n) is 2.92. The van der Waals surface area contributed by atoms with Crippen LogP contribution in [0.15, 0.2) is 42.9 Å². The molecule has 1 aromatic carbocycles. The Hall–Kier alpha value is -3.44. The highest BCUT2D eigenvalue weighted by Gasteiger charge is 2.24. The first-order valence-electron chi connectivity index (χ1n) is 9.98. The Morgan fingerprint density at radius 1 is 1.29 bits per heavy atom. The molecule has 0 bridgehead atoms. The zero-order valence-electron chi connectivity index (χ0n) is 17.3. The summed E-state index contributed by atoms with van der Waals surface area (Å²) in [6.45, 7) is 3.82. The minimum absolute atomic E-state index is 0.237. The van der Waals surface area contributed by atoms with Crippen LogP contribution in [0.5, 0.6) is 0 Å². The monoisotopic (exact) mass is 435 g/mol. The molecule has 31 heavy (non-hydrogen) atoms. The molecule has 1 amide bonds. The number of aromatic nitrogens is 4. The molecule has 4 rings (SSSR count). The number of anilines is 2. The van der Waals surface area contributed by atoms with E-state index in [1.165, 1.54) is 0 Å². The van der Waals surface area contributed by atoms with Crippen LogP contribution in [0.3, 0.4) is 0 Å². The lowest BCUT2D eigenvalue weighted by Crippen LogP contribution is -2.33. The lowest BCUT2D eigenvalue weighted by Gasteiger charge is -2.15. The van der Waals surface area contributed by atoms with Crippen LogP contribution in [0, 0.1) is 16.7 Å². The van der Waals surface area contributed by atoms with Crippen molar-refractivity contribution < 1.29 is 4.79 Å².